The Morgan fingerprint density at radius 2 is 1.75 bits per heavy atom. The maximum atomic E-state index is 12.1. The number of carbonyl (C=O) groups excluding carboxylic acids is 2. The monoisotopic (exact) mass is 418 g/mol. The van der Waals surface area contributed by atoms with Gasteiger partial charge in [0.25, 0.3) is 5.91 Å². The molecule has 0 spiro atoms. The fraction of sp³-hybridized carbons (Fsp3) is 0.100. The Labute approximate surface area is 171 Å². The van der Waals surface area contributed by atoms with Gasteiger partial charge in [0.1, 0.15) is 18.1 Å². The maximum Gasteiger partial charge on any atom is 0.287 e. The second kappa shape index (κ2) is 9.30. The summed E-state index contributed by atoms with van der Waals surface area (Å²) in [5, 5.41) is 5.62. The van der Waals surface area contributed by atoms with Gasteiger partial charge in [-0.2, -0.15) is 0 Å². The molecule has 0 saturated carbocycles. The zero-order chi connectivity index (χ0) is 19.9. The van der Waals surface area contributed by atoms with Gasteiger partial charge in [-0.1, -0.05) is 47.5 Å². The summed E-state index contributed by atoms with van der Waals surface area (Å²) in [6.07, 6.45) is 0. The van der Waals surface area contributed by atoms with Crippen molar-refractivity contribution >= 4 is 40.7 Å². The Morgan fingerprint density at radius 1 is 0.964 bits per heavy atom. The number of anilines is 1. The van der Waals surface area contributed by atoms with Crippen LogP contribution in [0.25, 0.3) is 0 Å². The van der Waals surface area contributed by atoms with Gasteiger partial charge in [-0.25, -0.2) is 0 Å². The minimum Gasteiger partial charge on any atom is -0.486 e. The first-order valence-corrected chi connectivity index (χ1v) is 9.07. The Morgan fingerprint density at radius 3 is 2.54 bits per heavy atom. The summed E-state index contributed by atoms with van der Waals surface area (Å²) in [6.45, 7) is -0.0662. The molecule has 2 aromatic carbocycles. The van der Waals surface area contributed by atoms with Gasteiger partial charge in [-0.05, 0) is 36.4 Å². The van der Waals surface area contributed by atoms with Gasteiger partial charge in [0.15, 0.2) is 5.76 Å². The number of benzene rings is 2. The second-order valence-corrected chi connectivity index (χ2v) is 6.49. The fourth-order valence-corrected chi connectivity index (χ4v) is 2.64. The molecule has 8 heteroatoms. The van der Waals surface area contributed by atoms with Crippen LogP contribution in [-0.2, 0) is 11.4 Å². The summed E-state index contributed by atoms with van der Waals surface area (Å²) in [4.78, 5) is 24.1. The van der Waals surface area contributed by atoms with Crippen LogP contribution in [0.1, 0.15) is 16.3 Å². The van der Waals surface area contributed by atoms with E-state index in [1.165, 1.54) is 6.07 Å². The number of hydrogen-bond donors (Lipinski definition) is 2. The van der Waals surface area contributed by atoms with Gasteiger partial charge < -0.3 is 19.8 Å². The molecule has 0 aliphatic carbocycles. The lowest BCUT2D eigenvalue weighted by molar-refractivity contribution is -0.115. The standard InChI is InChI=1S/C20H16Cl2N2O4/c21-15-7-4-8-16(19(15)22)24-18(25)11-23-20(26)17-10-9-14(28-17)12-27-13-5-2-1-3-6-13/h1-10H,11-12H2,(H,23,26)(H,24,25). The minimum atomic E-state index is -0.515. The molecule has 0 saturated heterocycles. The van der Waals surface area contributed by atoms with Crippen LogP contribution in [0.4, 0.5) is 5.69 Å². The van der Waals surface area contributed by atoms with Crippen molar-refractivity contribution in [2.24, 2.45) is 0 Å². The molecule has 0 radical (unpaired) electrons. The van der Waals surface area contributed by atoms with E-state index in [0.29, 0.717) is 22.2 Å². The van der Waals surface area contributed by atoms with Crippen molar-refractivity contribution in [3.8, 4) is 5.75 Å². The number of amides is 2. The van der Waals surface area contributed by atoms with Gasteiger partial charge in [0.2, 0.25) is 5.91 Å². The summed E-state index contributed by atoms with van der Waals surface area (Å²) >= 11 is 11.9. The molecule has 0 bridgehead atoms. The van der Waals surface area contributed by atoms with Crippen molar-refractivity contribution < 1.29 is 18.7 Å². The molecule has 2 amide bonds. The summed E-state index contributed by atoms with van der Waals surface area (Å²) < 4.78 is 11.0. The third-order valence-corrected chi connectivity index (χ3v) is 4.46. The van der Waals surface area contributed by atoms with E-state index in [1.807, 2.05) is 30.3 Å². The number of rotatable bonds is 7. The molecule has 0 fully saturated rings. The van der Waals surface area contributed by atoms with Crippen LogP contribution in [0.5, 0.6) is 5.75 Å². The smallest absolute Gasteiger partial charge is 0.287 e. The normalized spacial score (nSPS) is 10.4. The molecule has 0 unspecified atom stereocenters. The number of hydrogen-bond acceptors (Lipinski definition) is 4. The molecule has 0 atom stereocenters. The largest absolute Gasteiger partial charge is 0.486 e. The van der Waals surface area contributed by atoms with Crippen molar-refractivity contribution in [2.45, 2.75) is 6.61 Å². The average molecular weight is 419 g/mol. The van der Waals surface area contributed by atoms with Gasteiger partial charge >= 0.3 is 0 Å². The lowest BCUT2D eigenvalue weighted by Gasteiger charge is -2.08. The zero-order valence-electron chi connectivity index (χ0n) is 14.6. The van der Waals surface area contributed by atoms with E-state index in [9.17, 15) is 9.59 Å². The van der Waals surface area contributed by atoms with Crippen molar-refractivity contribution in [3.63, 3.8) is 0 Å². The first-order valence-electron chi connectivity index (χ1n) is 8.31. The average Bonchev–Trinajstić information content (AvgIpc) is 3.18. The van der Waals surface area contributed by atoms with Crippen molar-refractivity contribution in [2.75, 3.05) is 11.9 Å². The third kappa shape index (κ3) is 5.28. The molecule has 0 aliphatic rings. The summed E-state index contributed by atoms with van der Waals surface area (Å²) in [5.41, 5.74) is 0.367. The number of furan rings is 1. The molecule has 0 aliphatic heterocycles. The molecule has 144 valence electrons. The van der Waals surface area contributed by atoms with Gasteiger partial charge in [-0.15, -0.1) is 0 Å². The van der Waals surface area contributed by atoms with Crippen molar-refractivity contribution in [1.29, 1.82) is 0 Å². The lowest BCUT2D eigenvalue weighted by Crippen LogP contribution is -2.32. The van der Waals surface area contributed by atoms with E-state index in [0.717, 1.165) is 0 Å². The van der Waals surface area contributed by atoms with Gasteiger partial charge in [-0.3, -0.25) is 9.59 Å². The number of carbonyl (C=O) groups is 2. The zero-order valence-corrected chi connectivity index (χ0v) is 16.1. The summed E-state index contributed by atoms with van der Waals surface area (Å²) in [6, 6.07) is 17.3. The predicted octanol–water partition coefficient (Wildman–Crippen LogP) is 4.53. The van der Waals surface area contributed by atoms with E-state index in [4.69, 9.17) is 32.4 Å². The Balaban J connectivity index is 1.49. The molecular weight excluding hydrogens is 403 g/mol. The molecule has 1 aromatic heterocycles. The van der Waals surface area contributed by atoms with Crippen LogP contribution in [0, 0.1) is 0 Å². The van der Waals surface area contributed by atoms with E-state index in [2.05, 4.69) is 10.6 Å². The molecule has 3 aromatic rings. The summed E-state index contributed by atoms with van der Waals surface area (Å²) in [5.74, 6) is 0.306. The number of ether oxygens (including phenoxy) is 1. The van der Waals surface area contributed by atoms with E-state index in [-0.39, 0.29) is 23.9 Å². The molecule has 28 heavy (non-hydrogen) atoms. The number of nitrogens with one attached hydrogen (secondary N) is 2. The van der Waals surface area contributed by atoms with Crippen molar-refractivity contribution in [3.05, 3.63) is 82.2 Å². The van der Waals surface area contributed by atoms with E-state index >= 15 is 0 Å². The second-order valence-electron chi connectivity index (χ2n) is 5.70. The van der Waals surface area contributed by atoms with Gasteiger partial charge in [0, 0.05) is 0 Å². The van der Waals surface area contributed by atoms with E-state index in [1.54, 1.807) is 24.3 Å². The quantitative estimate of drug-likeness (QED) is 0.590. The highest BCUT2D eigenvalue weighted by Crippen LogP contribution is 2.29. The van der Waals surface area contributed by atoms with Crippen LogP contribution in [-0.4, -0.2) is 18.4 Å². The van der Waals surface area contributed by atoms with Crippen LogP contribution in [0.15, 0.2) is 65.1 Å². The van der Waals surface area contributed by atoms with E-state index < -0.39 is 11.8 Å². The SMILES string of the molecule is O=C(CNC(=O)c1ccc(COc2ccccc2)o1)Nc1cccc(Cl)c1Cl. The fourth-order valence-electron chi connectivity index (χ4n) is 2.29. The van der Waals surface area contributed by atoms with Crippen LogP contribution >= 0.6 is 23.2 Å². The van der Waals surface area contributed by atoms with Crippen LogP contribution in [0.2, 0.25) is 10.0 Å². The molecular formula is C20H16Cl2N2O4. The predicted molar refractivity (Wildman–Crippen MR) is 107 cm³/mol. The highest BCUT2D eigenvalue weighted by molar-refractivity contribution is 6.44. The first kappa shape index (κ1) is 19.8. The van der Waals surface area contributed by atoms with Gasteiger partial charge in [0.05, 0.1) is 22.3 Å². The Hall–Kier alpha value is -2.96. The molecule has 6 nitrogen and oxygen atoms in total. The highest BCUT2D eigenvalue weighted by atomic mass is 35.5. The topological polar surface area (TPSA) is 80.6 Å². The minimum absolute atomic E-state index is 0.0836. The lowest BCUT2D eigenvalue weighted by atomic mass is 10.3. The molecule has 1 heterocycles. The molecule has 3 rings (SSSR count). The molecule has 2 N–H and O–H groups in total. The Kier molecular flexibility index (Phi) is 6.57. The number of halogens is 2. The van der Waals surface area contributed by atoms with Crippen molar-refractivity contribution in [1.82, 2.24) is 5.32 Å². The maximum absolute atomic E-state index is 12.1. The number of para-hydroxylation sites is 1. The Bertz CT molecular complexity index is 973. The van der Waals surface area contributed by atoms with Crippen LogP contribution < -0.4 is 15.4 Å². The summed E-state index contributed by atoms with van der Waals surface area (Å²) in [7, 11) is 0. The van der Waals surface area contributed by atoms with Crippen LogP contribution in [0.3, 0.4) is 0 Å². The highest BCUT2D eigenvalue weighted by Gasteiger charge is 2.14. The third-order valence-electron chi connectivity index (χ3n) is 3.64. The first-order chi connectivity index (χ1) is 13.5.